The molecule has 1 amide bonds. The summed E-state index contributed by atoms with van der Waals surface area (Å²) in [6.07, 6.45) is 3.58. The highest BCUT2D eigenvalue weighted by molar-refractivity contribution is 9.10. The number of hydrogen-bond acceptors (Lipinski definition) is 2. The molecule has 1 aromatic heterocycles. The SMILES string of the molecule is O=C(NCc1ccccn1)C1(c2ccc(Br)cc2)CC1. The van der Waals surface area contributed by atoms with E-state index in [2.05, 4.69) is 26.2 Å². The first kappa shape index (κ1) is 13.3. The van der Waals surface area contributed by atoms with Crippen LogP contribution in [0.15, 0.2) is 53.1 Å². The Hall–Kier alpha value is -1.68. The van der Waals surface area contributed by atoms with E-state index in [4.69, 9.17) is 0 Å². The Balaban J connectivity index is 1.69. The summed E-state index contributed by atoms with van der Waals surface area (Å²) in [6.45, 7) is 0.484. The second-order valence-electron chi connectivity index (χ2n) is 5.09. The zero-order chi connectivity index (χ0) is 14.0. The Morgan fingerprint density at radius 3 is 2.55 bits per heavy atom. The van der Waals surface area contributed by atoms with Gasteiger partial charge in [0.25, 0.3) is 0 Å². The molecular weight excluding hydrogens is 316 g/mol. The minimum absolute atomic E-state index is 0.102. The van der Waals surface area contributed by atoms with Gasteiger partial charge in [-0.3, -0.25) is 9.78 Å². The van der Waals surface area contributed by atoms with Crippen LogP contribution in [0, 0.1) is 0 Å². The van der Waals surface area contributed by atoms with Crippen LogP contribution >= 0.6 is 15.9 Å². The van der Waals surface area contributed by atoms with Crippen molar-refractivity contribution in [3.8, 4) is 0 Å². The van der Waals surface area contributed by atoms with Crippen molar-refractivity contribution >= 4 is 21.8 Å². The smallest absolute Gasteiger partial charge is 0.230 e. The summed E-state index contributed by atoms with van der Waals surface area (Å²) in [5.41, 5.74) is 1.65. The van der Waals surface area contributed by atoms with E-state index in [1.807, 2.05) is 42.5 Å². The van der Waals surface area contributed by atoms with Gasteiger partial charge < -0.3 is 5.32 Å². The molecule has 0 bridgehead atoms. The molecule has 0 spiro atoms. The summed E-state index contributed by atoms with van der Waals surface area (Å²) in [6, 6.07) is 13.7. The molecule has 1 saturated carbocycles. The van der Waals surface area contributed by atoms with Crippen LogP contribution < -0.4 is 5.32 Å². The normalized spacial score (nSPS) is 15.7. The molecule has 102 valence electrons. The number of hydrogen-bond donors (Lipinski definition) is 1. The van der Waals surface area contributed by atoms with Gasteiger partial charge in [-0.2, -0.15) is 0 Å². The molecule has 1 aromatic carbocycles. The van der Waals surface area contributed by atoms with Gasteiger partial charge in [0.05, 0.1) is 17.7 Å². The molecule has 0 aliphatic heterocycles. The van der Waals surface area contributed by atoms with Gasteiger partial charge >= 0.3 is 0 Å². The Morgan fingerprint density at radius 2 is 1.95 bits per heavy atom. The number of halogens is 1. The van der Waals surface area contributed by atoms with Crippen LogP contribution in [0.3, 0.4) is 0 Å². The quantitative estimate of drug-likeness (QED) is 0.935. The molecule has 0 radical (unpaired) electrons. The van der Waals surface area contributed by atoms with Crippen molar-refractivity contribution in [1.82, 2.24) is 10.3 Å². The zero-order valence-corrected chi connectivity index (χ0v) is 12.6. The summed E-state index contributed by atoms with van der Waals surface area (Å²) in [5.74, 6) is 0.102. The van der Waals surface area contributed by atoms with Gasteiger partial charge in [-0.15, -0.1) is 0 Å². The lowest BCUT2D eigenvalue weighted by Gasteiger charge is -2.15. The van der Waals surface area contributed by atoms with Crippen molar-refractivity contribution in [3.05, 3.63) is 64.4 Å². The second kappa shape index (κ2) is 5.37. The van der Waals surface area contributed by atoms with Crippen LogP contribution in [0.1, 0.15) is 24.1 Å². The van der Waals surface area contributed by atoms with Crippen molar-refractivity contribution < 1.29 is 4.79 Å². The predicted molar refractivity (Wildman–Crippen MR) is 81.1 cm³/mol. The highest BCUT2D eigenvalue weighted by atomic mass is 79.9. The number of nitrogens with one attached hydrogen (secondary N) is 1. The van der Waals surface area contributed by atoms with Crippen LogP contribution in [-0.2, 0) is 16.8 Å². The van der Waals surface area contributed by atoms with Crippen LogP contribution in [0.2, 0.25) is 0 Å². The van der Waals surface area contributed by atoms with E-state index in [-0.39, 0.29) is 11.3 Å². The van der Waals surface area contributed by atoms with Crippen LogP contribution in [0.25, 0.3) is 0 Å². The molecule has 1 aliphatic rings. The summed E-state index contributed by atoms with van der Waals surface area (Å²) in [4.78, 5) is 16.7. The average molecular weight is 331 g/mol. The Kier molecular flexibility index (Phi) is 3.57. The third-order valence-electron chi connectivity index (χ3n) is 3.74. The number of carbonyl (C=O) groups excluding carboxylic acids is 1. The molecule has 20 heavy (non-hydrogen) atoms. The summed E-state index contributed by atoms with van der Waals surface area (Å²) >= 11 is 3.42. The summed E-state index contributed by atoms with van der Waals surface area (Å²) in [7, 11) is 0. The molecule has 1 fully saturated rings. The lowest BCUT2D eigenvalue weighted by molar-refractivity contribution is -0.123. The number of benzene rings is 1. The van der Waals surface area contributed by atoms with Crippen molar-refractivity contribution in [2.24, 2.45) is 0 Å². The third-order valence-corrected chi connectivity index (χ3v) is 4.27. The molecule has 1 heterocycles. The third kappa shape index (κ3) is 2.61. The topological polar surface area (TPSA) is 42.0 Å². The molecular formula is C16H15BrN2O. The first-order chi connectivity index (χ1) is 9.71. The molecule has 4 heteroatoms. The standard InChI is InChI=1S/C16H15BrN2O/c17-13-6-4-12(5-7-13)16(8-9-16)15(20)19-11-14-3-1-2-10-18-14/h1-7,10H,8-9,11H2,(H,19,20). The molecule has 1 aliphatic carbocycles. The summed E-state index contributed by atoms with van der Waals surface area (Å²) < 4.78 is 1.03. The number of carbonyl (C=O) groups is 1. The Bertz CT molecular complexity index is 606. The van der Waals surface area contributed by atoms with Crippen molar-refractivity contribution in [2.45, 2.75) is 24.8 Å². The van der Waals surface area contributed by atoms with Gasteiger partial charge in [0.2, 0.25) is 5.91 Å². The fourth-order valence-electron chi connectivity index (χ4n) is 2.38. The number of amides is 1. The minimum Gasteiger partial charge on any atom is -0.350 e. The number of nitrogens with zero attached hydrogens (tertiary/aromatic N) is 1. The van der Waals surface area contributed by atoms with Crippen LogP contribution in [0.4, 0.5) is 0 Å². The largest absolute Gasteiger partial charge is 0.350 e. The minimum atomic E-state index is -0.324. The van der Waals surface area contributed by atoms with E-state index in [1.165, 1.54) is 0 Å². The van der Waals surface area contributed by atoms with Gasteiger partial charge in [0.15, 0.2) is 0 Å². The Labute approximate surface area is 126 Å². The predicted octanol–water partition coefficient (Wildman–Crippen LogP) is 3.19. The van der Waals surface area contributed by atoms with E-state index < -0.39 is 0 Å². The van der Waals surface area contributed by atoms with E-state index in [0.29, 0.717) is 6.54 Å². The molecule has 3 nitrogen and oxygen atoms in total. The first-order valence-corrected chi connectivity index (χ1v) is 7.44. The molecule has 0 unspecified atom stereocenters. The molecule has 0 atom stereocenters. The van der Waals surface area contributed by atoms with E-state index in [9.17, 15) is 4.79 Å². The van der Waals surface area contributed by atoms with Gasteiger partial charge in [-0.1, -0.05) is 34.1 Å². The Morgan fingerprint density at radius 1 is 1.20 bits per heavy atom. The van der Waals surface area contributed by atoms with Gasteiger partial charge in [0.1, 0.15) is 0 Å². The highest BCUT2D eigenvalue weighted by Gasteiger charge is 2.50. The monoisotopic (exact) mass is 330 g/mol. The highest BCUT2D eigenvalue weighted by Crippen LogP contribution is 2.48. The number of pyridine rings is 1. The first-order valence-electron chi connectivity index (χ1n) is 6.65. The lowest BCUT2D eigenvalue weighted by atomic mass is 9.95. The van der Waals surface area contributed by atoms with Crippen LogP contribution in [-0.4, -0.2) is 10.9 Å². The van der Waals surface area contributed by atoms with E-state index in [1.54, 1.807) is 6.20 Å². The number of rotatable bonds is 4. The average Bonchev–Trinajstić information content (AvgIpc) is 3.28. The zero-order valence-electron chi connectivity index (χ0n) is 11.0. The fourth-order valence-corrected chi connectivity index (χ4v) is 2.65. The number of aromatic nitrogens is 1. The van der Waals surface area contributed by atoms with Gasteiger partial charge in [-0.25, -0.2) is 0 Å². The van der Waals surface area contributed by atoms with E-state index >= 15 is 0 Å². The lowest BCUT2D eigenvalue weighted by Crippen LogP contribution is -2.34. The van der Waals surface area contributed by atoms with Crippen molar-refractivity contribution in [1.29, 1.82) is 0 Å². The fraction of sp³-hybridized carbons (Fsp3) is 0.250. The maximum Gasteiger partial charge on any atom is 0.230 e. The van der Waals surface area contributed by atoms with Crippen molar-refractivity contribution in [2.75, 3.05) is 0 Å². The second-order valence-corrected chi connectivity index (χ2v) is 6.01. The van der Waals surface area contributed by atoms with Gasteiger partial charge in [-0.05, 0) is 42.7 Å². The molecule has 2 aromatic rings. The van der Waals surface area contributed by atoms with Crippen molar-refractivity contribution in [3.63, 3.8) is 0 Å². The maximum atomic E-state index is 12.4. The van der Waals surface area contributed by atoms with Crippen LogP contribution in [0.5, 0.6) is 0 Å². The summed E-state index contributed by atoms with van der Waals surface area (Å²) in [5, 5.41) is 3.00. The van der Waals surface area contributed by atoms with Gasteiger partial charge in [0, 0.05) is 10.7 Å². The molecule has 0 saturated heterocycles. The molecule has 1 N–H and O–H groups in total. The molecule has 3 rings (SSSR count). The van der Waals surface area contributed by atoms with E-state index in [0.717, 1.165) is 28.6 Å². The maximum absolute atomic E-state index is 12.4.